The Morgan fingerprint density at radius 1 is 0.971 bits per heavy atom. The summed E-state index contributed by atoms with van der Waals surface area (Å²) in [5.41, 5.74) is 4.18. The number of hydrogen-bond acceptors (Lipinski definition) is 4. The number of nitriles is 1. The van der Waals surface area contributed by atoms with E-state index in [4.69, 9.17) is 5.26 Å². The summed E-state index contributed by atoms with van der Waals surface area (Å²) < 4.78 is 1.87. The van der Waals surface area contributed by atoms with E-state index < -0.39 is 0 Å². The van der Waals surface area contributed by atoms with E-state index >= 15 is 0 Å². The highest BCUT2D eigenvalue weighted by Crippen LogP contribution is 2.36. The van der Waals surface area contributed by atoms with Crippen LogP contribution in [-0.2, 0) is 11.3 Å². The minimum Gasteiger partial charge on any atom is -0.338 e. The molecule has 1 aromatic heterocycles. The quantitative estimate of drug-likeness (QED) is 0.657. The fourth-order valence-electron chi connectivity index (χ4n) is 5.14. The first-order valence-electron chi connectivity index (χ1n) is 11.3. The second kappa shape index (κ2) is 8.64. The van der Waals surface area contributed by atoms with Crippen LogP contribution >= 0.6 is 0 Å². The standard InChI is InChI=1S/C27H24N4O3/c1-17(32)29-23-8-6-20(7-9-23)24-10-11-25-22-12-19(15-31(25)27(24)34)14-30(16-22)26(33)21-4-2-18(13-28)3-5-21/h2-11,19,22H,12,14-16H2,1H3,(H,29,32)/t19-,22-/m1/s1. The number of piperidine rings is 1. The Labute approximate surface area is 197 Å². The number of nitrogens with zero attached hydrogens (tertiary/aromatic N) is 3. The van der Waals surface area contributed by atoms with E-state index in [2.05, 4.69) is 11.4 Å². The highest BCUT2D eigenvalue weighted by molar-refractivity contribution is 5.94. The van der Waals surface area contributed by atoms with Gasteiger partial charge >= 0.3 is 0 Å². The number of aromatic nitrogens is 1. The molecule has 3 aromatic rings. The molecule has 1 N–H and O–H groups in total. The maximum atomic E-state index is 13.4. The predicted octanol–water partition coefficient (Wildman–Crippen LogP) is 3.60. The minimum atomic E-state index is -0.139. The molecule has 2 aromatic carbocycles. The van der Waals surface area contributed by atoms with Gasteiger partial charge in [-0.25, -0.2) is 0 Å². The third kappa shape index (κ3) is 3.99. The molecule has 170 valence electrons. The van der Waals surface area contributed by atoms with Gasteiger partial charge in [-0.15, -0.1) is 0 Å². The van der Waals surface area contributed by atoms with Crippen molar-refractivity contribution < 1.29 is 9.59 Å². The number of anilines is 1. The van der Waals surface area contributed by atoms with Crippen molar-refractivity contribution in [3.05, 3.63) is 87.8 Å². The second-order valence-corrected chi connectivity index (χ2v) is 9.04. The summed E-state index contributed by atoms with van der Waals surface area (Å²) in [5, 5.41) is 11.7. The Hall–Kier alpha value is -4.18. The smallest absolute Gasteiger partial charge is 0.258 e. The first-order valence-corrected chi connectivity index (χ1v) is 11.3. The summed E-state index contributed by atoms with van der Waals surface area (Å²) in [4.78, 5) is 39.6. The summed E-state index contributed by atoms with van der Waals surface area (Å²) in [5.74, 6) is 0.146. The molecular formula is C27H24N4O3. The number of hydrogen-bond donors (Lipinski definition) is 1. The highest BCUT2D eigenvalue weighted by Gasteiger charge is 2.37. The lowest BCUT2D eigenvalue weighted by Gasteiger charge is -2.43. The van der Waals surface area contributed by atoms with E-state index in [9.17, 15) is 14.4 Å². The van der Waals surface area contributed by atoms with Gasteiger partial charge in [-0.1, -0.05) is 12.1 Å². The molecule has 1 saturated heterocycles. The molecule has 0 radical (unpaired) electrons. The summed E-state index contributed by atoms with van der Waals surface area (Å²) >= 11 is 0. The van der Waals surface area contributed by atoms with Crippen LogP contribution in [0.3, 0.4) is 0 Å². The number of pyridine rings is 1. The molecule has 3 heterocycles. The SMILES string of the molecule is CC(=O)Nc1ccc(-c2ccc3n(c2=O)C[C@@H]2C[C@@H]3CN(C(=O)c3ccc(C#N)cc3)C2)cc1. The molecular weight excluding hydrogens is 428 g/mol. The van der Waals surface area contributed by atoms with Crippen molar-refractivity contribution in [2.45, 2.75) is 25.8 Å². The van der Waals surface area contributed by atoms with Gasteiger partial charge in [0.2, 0.25) is 5.91 Å². The number of nitrogens with one attached hydrogen (secondary N) is 1. The van der Waals surface area contributed by atoms with E-state index in [1.54, 1.807) is 36.4 Å². The molecule has 0 aliphatic carbocycles. The molecule has 2 amide bonds. The number of fused-ring (bicyclic) bond motifs is 4. The van der Waals surface area contributed by atoms with Crippen LogP contribution in [0.2, 0.25) is 0 Å². The average Bonchev–Trinajstić information content (AvgIpc) is 2.84. The van der Waals surface area contributed by atoms with E-state index in [-0.39, 0.29) is 29.2 Å². The summed E-state index contributed by atoms with van der Waals surface area (Å²) in [7, 11) is 0. The summed E-state index contributed by atoms with van der Waals surface area (Å²) in [6.07, 6.45) is 0.960. The van der Waals surface area contributed by atoms with Gasteiger partial charge in [0.25, 0.3) is 11.5 Å². The van der Waals surface area contributed by atoms with Gasteiger partial charge in [-0.2, -0.15) is 5.26 Å². The molecule has 1 fully saturated rings. The molecule has 7 nitrogen and oxygen atoms in total. The molecule has 34 heavy (non-hydrogen) atoms. The van der Waals surface area contributed by atoms with Gasteiger partial charge in [-0.3, -0.25) is 14.4 Å². The topological polar surface area (TPSA) is 95.2 Å². The van der Waals surface area contributed by atoms with Crippen LogP contribution in [0.4, 0.5) is 5.69 Å². The highest BCUT2D eigenvalue weighted by atomic mass is 16.2. The van der Waals surface area contributed by atoms with Crippen LogP contribution in [0.5, 0.6) is 0 Å². The molecule has 0 spiro atoms. The fraction of sp³-hybridized carbons (Fsp3) is 0.259. The van der Waals surface area contributed by atoms with Crippen molar-refractivity contribution in [3.8, 4) is 17.2 Å². The predicted molar refractivity (Wildman–Crippen MR) is 128 cm³/mol. The number of carbonyl (C=O) groups is 2. The molecule has 0 saturated carbocycles. The van der Waals surface area contributed by atoms with Crippen LogP contribution in [0.1, 0.15) is 40.9 Å². The number of benzene rings is 2. The van der Waals surface area contributed by atoms with Crippen LogP contribution in [0.15, 0.2) is 65.5 Å². The van der Waals surface area contributed by atoms with Gasteiger partial charge in [0.05, 0.1) is 11.6 Å². The zero-order chi connectivity index (χ0) is 23.8. The van der Waals surface area contributed by atoms with Crippen LogP contribution < -0.4 is 10.9 Å². The maximum Gasteiger partial charge on any atom is 0.258 e. The summed E-state index contributed by atoms with van der Waals surface area (Å²) in [6, 6.07) is 20.0. The molecule has 2 aliphatic heterocycles. The van der Waals surface area contributed by atoms with E-state index in [1.807, 2.05) is 33.7 Å². The lowest BCUT2D eigenvalue weighted by Crippen LogP contribution is -2.49. The van der Waals surface area contributed by atoms with Crippen LogP contribution in [0, 0.1) is 17.2 Å². The molecule has 5 rings (SSSR count). The lowest BCUT2D eigenvalue weighted by atomic mass is 9.82. The third-order valence-electron chi connectivity index (χ3n) is 6.67. The van der Waals surface area contributed by atoms with Gasteiger partial charge < -0.3 is 14.8 Å². The van der Waals surface area contributed by atoms with Crippen molar-refractivity contribution in [1.29, 1.82) is 5.26 Å². The van der Waals surface area contributed by atoms with Crippen molar-refractivity contribution in [3.63, 3.8) is 0 Å². The monoisotopic (exact) mass is 452 g/mol. The molecule has 7 heteroatoms. The third-order valence-corrected chi connectivity index (χ3v) is 6.67. The lowest BCUT2D eigenvalue weighted by molar-refractivity contribution is -0.114. The van der Waals surface area contributed by atoms with Crippen molar-refractivity contribution in [1.82, 2.24) is 9.47 Å². The average molecular weight is 453 g/mol. The van der Waals surface area contributed by atoms with Gasteiger partial charge in [0.15, 0.2) is 0 Å². The van der Waals surface area contributed by atoms with E-state index in [0.29, 0.717) is 42.0 Å². The molecule has 2 atom stereocenters. The van der Waals surface area contributed by atoms with Crippen molar-refractivity contribution >= 4 is 17.5 Å². The minimum absolute atomic E-state index is 0.0219. The molecule has 2 aliphatic rings. The second-order valence-electron chi connectivity index (χ2n) is 9.04. The normalized spacial score (nSPS) is 18.5. The Kier molecular flexibility index (Phi) is 5.50. The number of amides is 2. The van der Waals surface area contributed by atoms with E-state index in [0.717, 1.165) is 17.7 Å². The van der Waals surface area contributed by atoms with Gasteiger partial charge in [-0.05, 0) is 66.4 Å². The Morgan fingerprint density at radius 2 is 1.71 bits per heavy atom. The fourth-order valence-corrected chi connectivity index (χ4v) is 5.14. The van der Waals surface area contributed by atoms with Gasteiger partial charge in [0.1, 0.15) is 0 Å². The first-order chi connectivity index (χ1) is 16.4. The number of carbonyl (C=O) groups excluding carboxylic acids is 2. The maximum absolute atomic E-state index is 13.4. The largest absolute Gasteiger partial charge is 0.338 e. The Balaban J connectivity index is 1.39. The van der Waals surface area contributed by atoms with Crippen molar-refractivity contribution in [2.24, 2.45) is 5.92 Å². The zero-order valence-corrected chi connectivity index (χ0v) is 18.8. The molecule has 2 bridgehead atoms. The first kappa shape index (κ1) is 21.7. The molecule has 0 unspecified atom stereocenters. The van der Waals surface area contributed by atoms with Crippen LogP contribution in [-0.4, -0.2) is 34.4 Å². The van der Waals surface area contributed by atoms with Crippen LogP contribution in [0.25, 0.3) is 11.1 Å². The van der Waals surface area contributed by atoms with E-state index in [1.165, 1.54) is 6.92 Å². The number of likely N-dealkylation sites (tertiary alicyclic amines) is 1. The number of rotatable bonds is 3. The summed E-state index contributed by atoms with van der Waals surface area (Å²) in [6.45, 7) is 3.22. The zero-order valence-electron chi connectivity index (χ0n) is 18.8. The van der Waals surface area contributed by atoms with Crippen molar-refractivity contribution in [2.75, 3.05) is 18.4 Å². The van der Waals surface area contributed by atoms with Gasteiger partial charge in [0, 0.05) is 55.0 Å². The Morgan fingerprint density at radius 3 is 2.38 bits per heavy atom. The Bertz CT molecular complexity index is 1370.